The molecule has 12 heavy (non-hydrogen) atoms. The van der Waals surface area contributed by atoms with E-state index >= 15 is 0 Å². The molecule has 0 bridgehead atoms. The van der Waals surface area contributed by atoms with E-state index in [9.17, 15) is 0 Å². The van der Waals surface area contributed by atoms with Crippen LogP contribution >= 0.6 is 23.2 Å². The van der Waals surface area contributed by atoms with Crippen molar-refractivity contribution in [2.45, 2.75) is 0 Å². The van der Waals surface area contributed by atoms with E-state index in [0.29, 0.717) is 22.4 Å². The molecule has 4 heteroatoms. The summed E-state index contributed by atoms with van der Waals surface area (Å²) >= 11 is 11.8. The topological polar surface area (TPSA) is 21.3 Å². The molecule has 1 N–H and O–H groups in total. The smallest absolute Gasteiger partial charge is 0.162 e. The Morgan fingerprint density at radius 2 is 2.00 bits per heavy atom. The Balaban J connectivity index is 2.57. The van der Waals surface area contributed by atoms with Gasteiger partial charge in [-0.1, -0.05) is 23.2 Å². The lowest BCUT2D eigenvalue weighted by molar-refractivity contribution is 0.323. The van der Waals surface area contributed by atoms with Gasteiger partial charge in [-0.25, -0.2) is 0 Å². The van der Waals surface area contributed by atoms with Gasteiger partial charge < -0.3 is 10.1 Å². The fourth-order valence-corrected chi connectivity index (χ4v) is 1.60. The van der Waals surface area contributed by atoms with Crippen LogP contribution in [0.1, 0.15) is 0 Å². The summed E-state index contributed by atoms with van der Waals surface area (Å²) in [5, 5.41) is 4.38. The van der Waals surface area contributed by atoms with E-state index in [1.165, 1.54) is 0 Å². The average molecular weight is 204 g/mol. The zero-order valence-corrected chi connectivity index (χ0v) is 7.74. The van der Waals surface area contributed by atoms with Crippen LogP contribution < -0.4 is 10.1 Å². The van der Waals surface area contributed by atoms with Crippen molar-refractivity contribution in [3.05, 3.63) is 22.2 Å². The molecule has 64 valence electrons. The zero-order chi connectivity index (χ0) is 8.55. The molecule has 0 saturated heterocycles. The summed E-state index contributed by atoms with van der Waals surface area (Å²) in [5.41, 5.74) is 0.801. The van der Waals surface area contributed by atoms with Gasteiger partial charge in [-0.2, -0.15) is 0 Å². The summed E-state index contributed by atoms with van der Waals surface area (Å²) < 4.78 is 5.36. The van der Waals surface area contributed by atoms with Gasteiger partial charge in [0, 0.05) is 6.54 Å². The van der Waals surface area contributed by atoms with E-state index in [0.717, 1.165) is 12.2 Å². The van der Waals surface area contributed by atoms with Crippen molar-refractivity contribution in [2.24, 2.45) is 0 Å². The second-order valence-corrected chi connectivity index (χ2v) is 3.32. The number of hydrogen-bond donors (Lipinski definition) is 1. The van der Waals surface area contributed by atoms with E-state index in [1.807, 2.05) is 0 Å². The van der Waals surface area contributed by atoms with E-state index in [-0.39, 0.29) is 0 Å². The molecule has 0 fully saturated rings. The lowest BCUT2D eigenvalue weighted by Gasteiger charge is -2.20. The fourth-order valence-electron chi connectivity index (χ4n) is 1.17. The maximum atomic E-state index is 5.91. The Morgan fingerprint density at radius 3 is 2.75 bits per heavy atom. The third kappa shape index (κ3) is 1.21. The minimum absolute atomic E-state index is 0.599. The molecule has 2 nitrogen and oxygen atoms in total. The van der Waals surface area contributed by atoms with E-state index in [4.69, 9.17) is 27.9 Å². The average Bonchev–Trinajstić information content (AvgIpc) is 2.12. The van der Waals surface area contributed by atoms with Crippen molar-refractivity contribution in [1.29, 1.82) is 0 Å². The van der Waals surface area contributed by atoms with Crippen LogP contribution in [0.25, 0.3) is 0 Å². The Morgan fingerprint density at radius 1 is 1.25 bits per heavy atom. The molecule has 2 rings (SSSR count). The van der Waals surface area contributed by atoms with Crippen molar-refractivity contribution in [3.8, 4) is 5.75 Å². The molecule has 1 aliphatic heterocycles. The van der Waals surface area contributed by atoms with Gasteiger partial charge in [-0.05, 0) is 12.1 Å². The molecular formula is C8H7Cl2NO. The van der Waals surface area contributed by atoms with Crippen LogP contribution in [0.15, 0.2) is 12.1 Å². The summed E-state index contributed by atoms with van der Waals surface area (Å²) in [6.45, 7) is 1.40. The Bertz CT molecular complexity index is 283. The molecule has 1 aromatic rings. The minimum Gasteiger partial charge on any atom is -0.488 e. The van der Waals surface area contributed by atoms with Crippen LogP contribution in [0.4, 0.5) is 5.69 Å². The fraction of sp³-hybridized carbons (Fsp3) is 0.250. The first-order chi connectivity index (χ1) is 5.79. The predicted molar refractivity (Wildman–Crippen MR) is 50.4 cm³/mol. The van der Waals surface area contributed by atoms with E-state index in [1.54, 1.807) is 12.1 Å². The summed E-state index contributed by atoms with van der Waals surface area (Å²) in [4.78, 5) is 0. The Labute approximate surface area is 80.4 Å². The third-order valence-electron chi connectivity index (χ3n) is 1.71. The van der Waals surface area contributed by atoms with Crippen LogP contribution in [0.5, 0.6) is 5.75 Å². The van der Waals surface area contributed by atoms with Crippen LogP contribution in [-0.2, 0) is 0 Å². The summed E-state index contributed by atoms with van der Waals surface area (Å²) in [7, 11) is 0. The number of hydrogen-bond acceptors (Lipinski definition) is 2. The van der Waals surface area contributed by atoms with Gasteiger partial charge in [-0.15, -0.1) is 0 Å². The molecule has 0 saturated carbocycles. The number of benzene rings is 1. The molecule has 0 amide bonds. The normalized spacial score (nSPS) is 14.5. The van der Waals surface area contributed by atoms with Gasteiger partial charge in [0.25, 0.3) is 0 Å². The predicted octanol–water partition coefficient (Wildman–Crippen LogP) is 2.80. The van der Waals surface area contributed by atoms with E-state index in [2.05, 4.69) is 5.32 Å². The molecule has 0 spiro atoms. The first kappa shape index (κ1) is 8.02. The van der Waals surface area contributed by atoms with Crippen LogP contribution in [0.2, 0.25) is 10.0 Å². The second-order valence-electron chi connectivity index (χ2n) is 2.51. The largest absolute Gasteiger partial charge is 0.488 e. The highest BCUT2D eigenvalue weighted by Crippen LogP contribution is 2.39. The maximum Gasteiger partial charge on any atom is 0.162 e. The van der Waals surface area contributed by atoms with Crippen molar-refractivity contribution in [2.75, 3.05) is 18.5 Å². The van der Waals surface area contributed by atoms with Crippen molar-refractivity contribution in [3.63, 3.8) is 0 Å². The van der Waals surface area contributed by atoms with Crippen molar-refractivity contribution < 1.29 is 4.74 Å². The number of anilines is 1. The molecule has 1 aliphatic rings. The monoisotopic (exact) mass is 203 g/mol. The Hall–Kier alpha value is -0.600. The second kappa shape index (κ2) is 3.04. The number of ether oxygens (including phenoxy) is 1. The van der Waals surface area contributed by atoms with Gasteiger partial charge in [0.05, 0.1) is 15.7 Å². The summed E-state index contributed by atoms with van der Waals surface area (Å²) in [5.74, 6) is 0.662. The van der Waals surface area contributed by atoms with Gasteiger partial charge in [0.1, 0.15) is 6.61 Å². The van der Waals surface area contributed by atoms with Crippen LogP contribution in [0, 0.1) is 0 Å². The first-order valence-corrected chi connectivity index (χ1v) is 4.39. The minimum atomic E-state index is 0.599. The lowest BCUT2D eigenvalue weighted by Crippen LogP contribution is -2.18. The molecule has 0 aliphatic carbocycles. The third-order valence-corrected chi connectivity index (χ3v) is 2.32. The van der Waals surface area contributed by atoms with Crippen molar-refractivity contribution in [1.82, 2.24) is 0 Å². The lowest BCUT2D eigenvalue weighted by atomic mass is 10.2. The first-order valence-electron chi connectivity index (χ1n) is 3.64. The highest BCUT2D eigenvalue weighted by molar-refractivity contribution is 6.36. The SMILES string of the molecule is Clc1ccc(Cl)c2c1NCCO2. The number of fused-ring (bicyclic) bond motifs is 1. The summed E-state index contributed by atoms with van der Waals surface area (Å²) in [6, 6.07) is 3.49. The zero-order valence-electron chi connectivity index (χ0n) is 6.23. The molecule has 1 aromatic carbocycles. The number of nitrogens with one attached hydrogen (secondary N) is 1. The maximum absolute atomic E-state index is 5.91. The van der Waals surface area contributed by atoms with Crippen LogP contribution in [0.3, 0.4) is 0 Å². The molecular weight excluding hydrogens is 197 g/mol. The molecule has 1 heterocycles. The van der Waals surface area contributed by atoms with Gasteiger partial charge in [0.15, 0.2) is 5.75 Å². The summed E-state index contributed by atoms with van der Waals surface area (Å²) in [6.07, 6.45) is 0. The Kier molecular flexibility index (Phi) is 2.03. The van der Waals surface area contributed by atoms with Gasteiger partial charge in [0.2, 0.25) is 0 Å². The molecule has 0 unspecified atom stereocenters. The van der Waals surface area contributed by atoms with Gasteiger partial charge in [-0.3, -0.25) is 0 Å². The highest BCUT2D eigenvalue weighted by Gasteiger charge is 2.15. The molecule has 0 aromatic heterocycles. The van der Waals surface area contributed by atoms with Gasteiger partial charge >= 0.3 is 0 Å². The standard InChI is InChI=1S/C8H7Cl2NO/c9-5-1-2-6(10)8-7(5)11-3-4-12-8/h1-2,11H,3-4H2. The van der Waals surface area contributed by atoms with Crippen LogP contribution in [-0.4, -0.2) is 13.2 Å². The number of rotatable bonds is 0. The molecule has 0 atom stereocenters. The van der Waals surface area contributed by atoms with E-state index < -0.39 is 0 Å². The van der Waals surface area contributed by atoms with Crippen molar-refractivity contribution >= 4 is 28.9 Å². The number of halogens is 2. The molecule has 0 radical (unpaired) electrons. The quantitative estimate of drug-likeness (QED) is 0.701. The highest BCUT2D eigenvalue weighted by atomic mass is 35.5.